The van der Waals surface area contributed by atoms with Crippen LogP contribution in [-0.4, -0.2) is 26.4 Å². The summed E-state index contributed by atoms with van der Waals surface area (Å²) in [5, 5.41) is 11.8. The Bertz CT molecular complexity index is 922. The highest BCUT2D eigenvalue weighted by atomic mass is 32.2. The van der Waals surface area contributed by atoms with Crippen molar-refractivity contribution >= 4 is 17.7 Å². The van der Waals surface area contributed by atoms with Crippen LogP contribution in [0.5, 0.6) is 0 Å². The zero-order chi connectivity index (χ0) is 20.1. The first-order valence-electron chi connectivity index (χ1n) is 9.08. The van der Waals surface area contributed by atoms with E-state index in [0.717, 1.165) is 11.3 Å². The van der Waals surface area contributed by atoms with Crippen LogP contribution in [0.15, 0.2) is 60.0 Å². The van der Waals surface area contributed by atoms with Gasteiger partial charge in [0.05, 0.1) is 11.8 Å². The summed E-state index contributed by atoms with van der Waals surface area (Å²) < 4.78 is 15.0. The molecule has 0 aliphatic heterocycles. The van der Waals surface area contributed by atoms with E-state index in [-0.39, 0.29) is 29.4 Å². The minimum Gasteiger partial charge on any atom is -0.348 e. The zero-order valence-corrected chi connectivity index (χ0v) is 16.9. The Morgan fingerprint density at radius 1 is 1.14 bits per heavy atom. The van der Waals surface area contributed by atoms with Crippen LogP contribution in [0.25, 0.3) is 5.69 Å². The summed E-state index contributed by atoms with van der Waals surface area (Å²) >= 11 is 1.33. The predicted molar refractivity (Wildman–Crippen MR) is 109 cm³/mol. The number of nitrogens with one attached hydrogen (secondary N) is 1. The van der Waals surface area contributed by atoms with Gasteiger partial charge >= 0.3 is 0 Å². The molecule has 5 nitrogen and oxygen atoms in total. The Morgan fingerprint density at radius 2 is 1.82 bits per heavy atom. The van der Waals surface area contributed by atoms with Crippen LogP contribution in [0, 0.1) is 18.7 Å². The van der Waals surface area contributed by atoms with Gasteiger partial charge in [0.1, 0.15) is 12.1 Å². The molecule has 3 aromatic rings. The normalized spacial score (nSPS) is 12.2. The van der Waals surface area contributed by atoms with Gasteiger partial charge in [-0.15, -0.1) is 10.2 Å². The molecule has 1 amide bonds. The number of hydrogen-bond acceptors (Lipinski definition) is 4. The molecule has 0 radical (unpaired) electrons. The van der Waals surface area contributed by atoms with E-state index in [1.807, 2.05) is 49.6 Å². The number of rotatable bonds is 7. The second kappa shape index (κ2) is 9.01. The number of aryl methyl sites for hydroxylation is 1. The van der Waals surface area contributed by atoms with Crippen molar-refractivity contribution in [3.05, 3.63) is 71.8 Å². The van der Waals surface area contributed by atoms with Gasteiger partial charge in [0, 0.05) is 5.69 Å². The number of halogens is 1. The van der Waals surface area contributed by atoms with E-state index in [0.29, 0.717) is 5.16 Å². The van der Waals surface area contributed by atoms with Crippen LogP contribution in [-0.2, 0) is 4.79 Å². The Balaban J connectivity index is 1.65. The molecule has 2 aromatic carbocycles. The number of benzene rings is 2. The standard InChI is InChI=1S/C21H23FN4OS/c1-14(2)20(16-6-8-17(22)9-7-16)24-19(27)12-28-21-25-23-13-26(21)18-10-4-15(3)5-11-18/h4-11,13-14,20H,12H2,1-3H3,(H,24,27)/t20-/m0/s1. The van der Waals surface area contributed by atoms with E-state index >= 15 is 0 Å². The summed E-state index contributed by atoms with van der Waals surface area (Å²) in [6.45, 7) is 6.08. The third-order valence-corrected chi connectivity index (χ3v) is 5.32. The predicted octanol–water partition coefficient (Wildman–Crippen LogP) is 4.32. The van der Waals surface area contributed by atoms with Crippen molar-refractivity contribution in [1.82, 2.24) is 20.1 Å². The van der Waals surface area contributed by atoms with Crippen molar-refractivity contribution in [2.45, 2.75) is 32.0 Å². The molecule has 7 heteroatoms. The molecular formula is C21H23FN4OS. The molecule has 3 rings (SSSR count). The van der Waals surface area contributed by atoms with E-state index < -0.39 is 0 Å². The number of aromatic nitrogens is 3. The highest BCUT2D eigenvalue weighted by Gasteiger charge is 2.19. The lowest BCUT2D eigenvalue weighted by molar-refractivity contribution is -0.119. The average molecular weight is 399 g/mol. The Kier molecular flexibility index (Phi) is 6.46. The van der Waals surface area contributed by atoms with Gasteiger partial charge in [-0.25, -0.2) is 4.39 Å². The second-order valence-electron chi connectivity index (χ2n) is 6.95. The van der Waals surface area contributed by atoms with E-state index in [2.05, 4.69) is 15.5 Å². The fourth-order valence-corrected chi connectivity index (χ4v) is 3.60. The first-order chi connectivity index (χ1) is 13.4. The Hall–Kier alpha value is -2.67. The summed E-state index contributed by atoms with van der Waals surface area (Å²) in [5.74, 6) is 0.000272. The fraction of sp³-hybridized carbons (Fsp3) is 0.286. The number of nitrogens with zero attached hydrogens (tertiary/aromatic N) is 3. The van der Waals surface area contributed by atoms with E-state index in [1.165, 1.54) is 29.5 Å². The first kappa shape index (κ1) is 20.1. The summed E-state index contributed by atoms with van der Waals surface area (Å²) in [4.78, 5) is 12.5. The maximum atomic E-state index is 13.2. The van der Waals surface area contributed by atoms with Gasteiger partial charge in [0.25, 0.3) is 0 Å². The van der Waals surface area contributed by atoms with Gasteiger partial charge in [-0.1, -0.05) is 55.4 Å². The van der Waals surface area contributed by atoms with Gasteiger partial charge in [-0.05, 0) is 42.7 Å². The maximum Gasteiger partial charge on any atom is 0.230 e. The van der Waals surface area contributed by atoms with E-state index in [4.69, 9.17) is 0 Å². The van der Waals surface area contributed by atoms with E-state index in [1.54, 1.807) is 18.5 Å². The molecular weight excluding hydrogens is 375 g/mol. The van der Waals surface area contributed by atoms with Crippen molar-refractivity contribution in [2.24, 2.45) is 5.92 Å². The molecule has 0 saturated heterocycles. The highest BCUT2D eigenvalue weighted by molar-refractivity contribution is 7.99. The molecule has 0 fully saturated rings. The van der Waals surface area contributed by atoms with Crippen molar-refractivity contribution in [2.75, 3.05) is 5.75 Å². The number of carbonyl (C=O) groups is 1. The molecule has 1 atom stereocenters. The molecule has 1 aromatic heterocycles. The number of carbonyl (C=O) groups excluding carboxylic acids is 1. The van der Waals surface area contributed by atoms with E-state index in [9.17, 15) is 9.18 Å². The third-order valence-electron chi connectivity index (χ3n) is 4.37. The van der Waals surface area contributed by atoms with Crippen LogP contribution in [0.3, 0.4) is 0 Å². The summed E-state index contributed by atoms with van der Waals surface area (Å²) in [7, 11) is 0. The summed E-state index contributed by atoms with van der Waals surface area (Å²) in [6, 6.07) is 14.1. The fourth-order valence-electron chi connectivity index (χ4n) is 2.86. The van der Waals surface area contributed by atoms with Crippen molar-refractivity contribution < 1.29 is 9.18 Å². The zero-order valence-electron chi connectivity index (χ0n) is 16.1. The van der Waals surface area contributed by atoms with Crippen LogP contribution >= 0.6 is 11.8 Å². The van der Waals surface area contributed by atoms with Crippen molar-refractivity contribution in [1.29, 1.82) is 0 Å². The van der Waals surface area contributed by atoms with Crippen molar-refractivity contribution in [3.63, 3.8) is 0 Å². The van der Waals surface area contributed by atoms with Gasteiger partial charge in [-0.2, -0.15) is 0 Å². The quantitative estimate of drug-likeness (QED) is 0.602. The summed E-state index contributed by atoms with van der Waals surface area (Å²) in [6.07, 6.45) is 1.64. The van der Waals surface area contributed by atoms with Gasteiger partial charge in [-0.3, -0.25) is 9.36 Å². The molecule has 0 unspecified atom stereocenters. The maximum absolute atomic E-state index is 13.2. The molecule has 0 bridgehead atoms. The van der Waals surface area contributed by atoms with Crippen LogP contribution in [0.2, 0.25) is 0 Å². The van der Waals surface area contributed by atoms with Gasteiger partial charge < -0.3 is 5.32 Å². The van der Waals surface area contributed by atoms with Gasteiger partial charge in [0.15, 0.2) is 5.16 Å². The summed E-state index contributed by atoms with van der Waals surface area (Å²) in [5.41, 5.74) is 3.01. The van der Waals surface area contributed by atoms with Crippen LogP contribution in [0.1, 0.15) is 31.0 Å². The molecule has 1 N–H and O–H groups in total. The molecule has 146 valence electrons. The lowest BCUT2D eigenvalue weighted by Crippen LogP contribution is -2.33. The topological polar surface area (TPSA) is 59.8 Å². The monoisotopic (exact) mass is 398 g/mol. The SMILES string of the molecule is Cc1ccc(-n2cnnc2SCC(=O)N[C@H](c2ccc(F)cc2)C(C)C)cc1. The largest absolute Gasteiger partial charge is 0.348 e. The molecule has 0 aliphatic rings. The Morgan fingerprint density at radius 3 is 2.46 bits per heavy atom. The molecule has 0 saturated carbocycles. The first-order valence-corrected chi connectivity index (χ1v) is 10.1. The highest BCUT2D eigenvalue weighted by Crippen LogP contribution is 2.23. The van der Waals surface area contributed by atoms with Gasteiger partial charge in [0.2, 0.25) is 5.91 Å². The van der Waals surface area contributed by atoms with Crippen LogP contribution in [0.4, 0.5) is 4.39 Å². The number of amides is 1. The molecule has 0 spiro atoms. The lowest BCUT2D eigenvalue weighted by atomic mass is 9.96. The number of hydrogen-bond donors (Lipinski definition) is 1. The molecule has 0 aliphatic carbocycles. The Labute approximate surface area is 168 Å². The third kappa shape index (κ3) is 4.98. The smallest absolute Gasteiger partial charge is 0.230 e. The average Bonchev–Trinajstić information content (AvgIpc) is 3.14. The lowest BCUT2D eigenvalue weighted by Gasteiger charge is -2.23. The minimum absolute atomic E-state index is 0.105. The number of thioether (sulfide) groups is 1. The van der Waals surface area contributed by atoms with Crippen LogP contribution < -0.4 is 5.32 Å². The van der Waals surface area contributed by atoms with Crippen molar-refractivity contribution in [3.8, 4) is 5.69 Å². The molecule has 28 heavy (non-hydrogen) atoms. The molecule has 1 heterocycles. The minimum atomic E-state index is -0.288. The second-order valence-corrected chi connectivity index (χ2v) is 7.89.